The normalized spacial score (nSPS) is 11.1. The molecule has 0 aliphatic carbocycles. The van der Waals surface area contributed by atoms with Gasteiger partial charge in [-0.2, -0.15) is 0 Å². The molecule has 0 bridgehead atoms. The number of aliphatic imine (C=N–C) groups is 1. The van der Waals surface area contributed by atoms with Crippen LogP contribution in [-0.2, 0) is 0 Å². The molecule has 0 amide bonds. The third-order valence-corrected chi connectivity index (χ3v) is 5.25. The molecule has 0 fully saturated rings. The predicted molar refractivity (Wildman–Crippen MR) is 124 cm³/mol. The molecule has 0 saturated heterocycles. The molecule has 7 nitrogen and oxygen atoms in total. The number of hydrogen-bond donors (Lipinski definition) is 2. The summed E-state index contributed by atoms with van der Waals surface area (Å²) in [4.78, 5) is 33.2. The van der Waals surface area contributed by atoms with Crippen molar-refractivity contribution in [3.63, 3.8) is 0 Å². The number of aromatic amines is 1. The van der Waals surface area contributed by atoms with Gasteiger partial charge in [-0.3, -0.25) is 14.8 Å². The maximum Gasteiger partial charge on any atom is 0.335 e. The Morgan fingerprint density at radius 1 is 1.07 bits per heavy atom. The van der Waals surface area contributed by atoms with E-state index in [0.29, 0.717) is 11.4 Å². The zero-order valence-electron chi connectivity index (χ0n) is 16.1. The van der Waals surface area contributed by atoms with E-state index in [-0.39, 0.29) is 5.56 Å². The molecule has 0 spiro atoms. The van der Waals surface area contributed by atoms with E-state index in [9.17, 15) is 14.7 Å². The Bertz CT molecular complexity index is 1130. The predicted octanol–water partition coefficient (Wildman–Crippen LogP) is 3.43. The Balaban J connectivity index is 1.97. The Morgan fingerprint density at radius 2 is 1.69 bits per heavy atom. The van der Waals surface area contributed by atoms with Gasteiger partial charge >= 0.3 is 5.69 Å². The minimum Gasteiger partial charge on any atom is -0.493 e. The van der Waals surface area contributed by atoms with Gasteiger partial charge in [0.05, 0.1) is 11.4 Å². The van der Waals surface area contributed by atoms with Crippen molar-refractivity contribution in [1.29, 1.82) is 0 Å². The summed E-state index contributed by atoms with van der Waals surface area (Å²) in [6, 6.07) is 14.6. The molecule has 29 heavy (non-hydrogen) atoms. The molecule has 0 aliphatic heterocycles. The lowest BCUT2D eigenvalue weighted by molar-refractivity contribution is 0.430. The highest BCUT2D eigenvalue weighted by atomic mass is 127. The maximum absolute atomic E-state index is 12.2. The second-order valence-corrected chi connectivity index (χ2v) is 7.50. The van der Waals surface area contributed by atoms with Crippen molar-refractivity contribution >= 4 is 40.2 Å². The molecule has 2 aromatic carbocycles. The Kier molecular flexibility index (Phi) is 6.53. The van der Waals surface area contributed by atoms with E-state index >= 15 is 0 Å². The topological polar surface area (TPSA) is 90.7 Å². The highest BCUT2D eigenvalue weighted by Gasteiger charge is 2.14. The van der Waals surface area contributed by atoms with Gasteiger partial charge in [0, 0.05) is 28.6 Å². The molecular formula is C21H21IN4O3. The summed E-state index contributed by atoms with van der Waals surface area (Å²) >= 11 is 2.14. The first-order valence-corrected chi connectivity index (χ1v) is 10.3. The van der Waals surface area contributed by atoms with E-state index in [1.54, 1.807) is 24.3 Å². The minimum atomic E-state index is -0.713. The lowest BCUT2D eigenvalue weighted by Crippen LogP contribution is -2.31. The molecule has 3 rings (SSSR count). The molecule has 0 radical (unpaired) electrons. The van der Waals surface area contributed by atoms with Crippen LogP contribution < -0.4 is 16.1 Å². The van der Waals surface area contributed by atoms with Crippen LogP contribution in [-0.4, -0.2) is 34.0 Å². The number of nitrogens with one attached hydrogen (secondary N) is 1. The van der Waals surface area contributed by atoms with Gasteiger partial charge in [-0.05, 0) is 85.0 Å². The number of aromatic hydroxyl groups is 1. The van der Waals surface area contributed by atoms with Gasteiger partial charge in [-0.1, -0.05) is 0 Å². The van der Waals surface area contributed by atoms with Crippen molar-refractivity contribution in [2.24, 2.45) is 4.99 Å². The maximum atomic E-state index is 12.2. The summed E-state index contributed by atoms with van der Waals surface area (Å²) in [7, 11) is 0. The number of halogens is 1. The number of benzene rings is 2. The Labute approximate surface area is 181 Å². The van der Waals surface area contributed by atoms with Crippen LogP contribution in [0.5, 0.6) is 5.88 Å². The zero-order valence-corrected chi connectivity index (χ0v) is 18.3. The molecule has 1 heterocycles. The summed E-state index contributed by atoms with van der Waals surface area (Å²) in [5.41, 5.74) is 0.666. The van der Waals surface area contributed by atoms with E-state index in [0.717, 1.165) is 26.9 Å². The first kappa shape index (κ1) is 20.8. The molecule has 0 aliphatic rings. The van der Waals surface area contributed by atoms with Crippen LogP contribution in [0, 0.1) is 3.57 Å². The van der Waals surface area contributed by atoms with Crippen LogP contribution in [0.25, 0.3) is 5.69 Å². The van der Waals surface area contributed by atoms with Gasteiger partial charge in [-0.25, -0.2) is 9.36 Å². The van der Waals surface area contributed by atoms with Crippen molar-refractivity contribution < 1.29 is 5.11 Å². The van der Waals surface area contributed by atoms with E-state index in [4.69, 9.17) is 0 Å². The standard InChI is InChI=1S/C21H21IN4O3/c1-3-25(4-2)16-11-7-15(8-12-16)23-13-18-19(27)24-21(29)26(20(18)28)17-9-5-14(22)6-10-17/h5-13,28H,3-4H2,1-2H3,(H,24,27,29). The molecule has 8 heteroatoms. The zero-order chi connectivity index (χ0) is 21.0. The van der Waals surface area contributed by atoms with E-state index in [1.807, 2.05) is 24.3 Å². The van der Waals surface area contributed by atoms with Crippen molar-refractivity contribution in [3.05, 3.63) is 78.5 Å². The van der Waals surface area contributed by atoms with Crippen LogP contribution in [0.4, 0.5) is 11.4 Å². The Hall–Kier alpha value is -2.88. The van der Waals surface area contributed by atoms with E-state index < -0.39 is 17.1 Å². The molecule has 1 aromatic heterocycles. The quantitative estimate of drug-likeness (QED) is 0.398. The van der Waals surface area contributed by atoms with E-state index in [2.05, 4.69) is 51.3 Å². The molecule has 0 unspecified atom stereocenters. The largest absolute Gasteiger partial charge is 0.493 e. The molecule has 150 valence electrons. The van der Waals surface area contributed by atoms with Crippen LogP contribution in [0.15, 0.2) is 63.1 Å². The van der Waals surface area contributed by atoms with Gasteiger partial charge in [-0.15, -0.1) is 0 Å². The molecule has 3 aromatic rings. The average Bonchev–Trinajstić information content (AvgIpc) is 2.71. The summed E-state index contributed by atoms with van der Waals surface area (Å²) in [5.74, 6) is -0.455. The molecule has 0 atom stereocenters. The smallest absolute Gasteiger partial charge is 0.335 e. The molecule has 2 N–H and O–H groups in total. The van der Waals surface area contributed by atoms with Crippen molar-refractivity contribution in [2.45, 2.75) is 13.8 Å². The molecular weight excluding hydrogens is 483 g/mol. The summed E-state index contributed by atoms with van der Waals surface area (Å²) in [6.07, 6.45) is 1.27. The van der Waals surface area contributed by atoms with Gasteiger partial charge < -0.3 is 10.0 Å². The highest BCUT2D eigenvalue weighted by molar-refractivity contribution is 14.1. The van der Waals surface area contributed by atoms with Crippen molar-refractivity contribution in [1.82, 2.24) is 9.55 Å². The van der Waals surface area contributed by atoms with Gasteiger partial charge in [0.2, 0.25) is 5.88 Å². The van der Waals surface area contributed by atoms with Crippen LogP contribution >= 0.6 is 22.6 Å². The lowest BCUT2D eigenvalue weighted by atomic mass is 10.2. The number of hydrogen-bond acceptors (Lipinski definition) is 5. The van der Waals surface area contributed by atoms with Crippen LogP contribution in [0.3, 0.4) is 0 Å². The van der Waals surface area contributed by atoms with Crippen LogP contribution in [0.1, 0.15) is 19.4 Å². The lowest BCUT2D eigenvalue weighted by Gasteiger charge is -2.20. The Morgan fingerprint density at radius 3 is 2.28 bits per heavy atom. The summed E-state index contributed by atoms with van der Waals surface area (Å²) < 4.78 is 2.03. The number of nitrogens with zero attached hydrogens (tertiary/aromatic N) is 3. The number of rotatable bonds is 6. The summed E-state index contributed by atoms with van der Waals surface area (Å²) in [6.45, 7) is 5.99. The summed E-state index contributed by atoms with van der Waals surface area (Å²) in [5, 5.41) is 10.6. The second-order valence-electron chi connectivity index (χ2n) is 6.26. The SMILES string of the molecule is CCN(CC)c1ccc(N=Cc2c(O)n(-c3ccc(I)cc3)c(=O)[nH]c2=O)cc1. The fourth-order valence-corrected chi connectivity index (χ4v) is 3.32. The fourth-order valence-electron chi connectivity index (χ4n) is 2.96. The number of aromatic nitrogens is 2. The van der Waals surface area contributed by atoms with Gasteiger partial charge in [0.25, 0.3) is 5.56 Å². The second kappa shape index (κ2) is 9.08. The third-order valence-electron chi connectivity index (χ3n) is 4.53. The average molecular weight is 504 g/mol. The first-order valence-electron chi connectivity index (χ1n) is 9.18. The van der Waals surface area contributed by atoms with Crippen molar-refractivity contribution in [3.8, 4) is 11.6 Å². The van der Waals surface area contributed by atoms with Crippen LogP contribution in [0.2, 0.25) is 0 Å². The first-order chi connectivity index (χ1) is 13.9. The van der Waals surface area contributed by atoms with Gasteiger partial charge in [0.15, 0.2) is 0 Å². The van der Waals surface area contributed by atoms with Crippen molar-refractivity contribution in [2.75, 3.05) is 18.0 Å². The monoisotopic (exact) mass is 504 g/mol. The highest BCUT2D eigenvalue weighted by Crippen LogP contribution is 2.21. The van der Waals surface area contributed by atoms with E-state index in [1.165, 1.54) is 6.21 Å². The minimum absolute atomic E-state index is 0.0871. The third kappa shape index (κ3) is 4.58. The number of H-pyrrole nitrogens is 1. The molecule has 0 saturated carbocycles. The van der Waals surface area contributed by atoms with Gasteiger partial charge in [0.1, 0.15) is 5.56 Å². The number of anilines is 1. The fraction of sp³-hybridized carbons (Fsp3) is 0.190.